The molecule has 0 bridgehead atoms. The molecule has 3 aromatic carbocycles. The van der Waals surface area contributed by atoms with E-state index < -0.39 is 0 Å². The maximum Gasteiger partial charge on any atom is 0.254 e. The van der Waals surface area contributed by atoms with Crippen LogP contribution in [0.5, 0.6) is 17.4 Å². The summed E-state index contributed by atoms with van der Waals surface area (Å²) in [7, 11) is 1.63. The number of nitrogens with zero attached hydrogens (tertiary/aromatic N) is 3. The van der Waals surface area contributed by atoms with E-state index in [1.807, 2.05) is 97.6 Å². The van der Waals surface area contributed by atoms with E-state index in [0.29, 0.717) is 30.3 Å². The van der Waals surface area contributed by atoms with Gasteiger partial charge in [-0.1, -0.05) is 35.9 Å². The van der Waals surface area contributed by atoms with Crippen LogP contribution in [0.15, 0.2) is 78.9 Å². The molecule has 1 saturated heterocycles. The van der Waals surface area contributed by atoms with Gasteiger partial charge in [0.25, 0.3) is 5.91 Å². The first-order chi connectivity index (χ1) is 18.5. The summed E-state index contributed by atoms with van der Waals surface area (Å²) in [4.78, 5) is 15.6. The van der Waals surface area contributed by atoms with E-state index in [9.17, 15) is 4.79 Å². The predicted octanol–water partition coefficient (Wildman–Crippen LogP) is 6.11. The number of methoxy groups -OCH3 is 1. The molecule has 0 unspecified atom stereocenters. The van der Waals surface area contributed by atoms with Gasteiger partial charge in [-0.2, -0.15) is 5.10 Å². The molecule has 7 nitrogen and oxygen atoms in total. The second-order valence-electron chi connectivity index (χ2n) is 9.58. The molecule has 2 heterocycles. The van der Waals surface area contributed by atoms with Gasteiger partial charge >= 0.3 is 0 Å². The zero-order valence-corrected chi connectivity index (χ0v) is 22.1. The van der Waals surface area contributed by atoms with Crippen LogP contribution in [-0.4, -0.2) is 47.0 Å². The summed E-state index contributed by atoms with van der Waals surface area (Å²) in [6.45, 7) is 5.55. The zero-order chi connectivity index (χ0) is 26.5. The fourth-order valence-corrected chi connectivity index (χ4v) is 4.65. The van der Waals surface area contributed by atoms with Crippen molar-refractivity contribution in [1.29, 1.82) is 0 Å². The molecule has 0 N–H and O–H groups in total. The van der Waals surface area contributed by atoms with E-state index in [4.69, 9.17) is 19.3 Å². The van der Waals surface area contributed by atoms with Gasteiger partial charge in [-0.3, -0.25) is 4.79 Å². The van der Waals surface area contributed by atoms with Gasteiger partial charge in [0.1, 0.15) is 11.5 Å². The number of aromatic nitrogens is 2. The molecule has 1 aliphatic rings. The highest BCUT2D eigenvalue weighted by Gasteiger charge is 2.28. The number of hydrogen-bond donors (Lipinski definition) is 0. The Morgan fingerprint density at radius 1 is 1.00 bits per heavy atom. The fourth-order valence-electron chi connectivity index (χ4n) is 4.65. The summed E-state index contributed by atoms with van der Waals surface area (Å²) >= 11 is 0. The van der Waals surface area contributed by atoms with E-state index in [0.717, 1.165) is 47.7 Å². The van der Waals surface area contributed by atoms with E-state index in [1.54, 1.807) is 11.8 Å². The summed E-state index contributed by atoms with van der Waals surface area (Å²) < 4.78 is 19.5. The molecular weight excluding hydrogens is 478 g/mol. The minimum atomic E-state index is -0.0391. The number of benzene rings is 3. The first-order valence-electron chi connectivity index (χ1n) is 12.9. The standard InChI is InChI=1S/C31H33N3O4/c1-22-11-13-24(14-12-22)30(35)33(20-28-10-7-19-37-28)21-29-23(2)32-34(25-8-5-4-6-9-25)31(29)38-27-17-15-26(36-3)16-18-27/h4-6,8-9,11-18,28H,7,10,19-21H2,1-3H3/t28-/m0/s1. The molecular formula is C31H33N3O4. The molecule has 0 radical (unpaired) electrons. The summed E-state index contributed by atoms with van der Waals surface area (Å²) in [5.74, 6) is 1.94. The highest BCUT2D eigenvalue weighted by atomic mass is 16.5. The minimum Gasteiger partial charge on any atom is -0.497 e. The molecule has 4 aromatic rings. The van der Waals surface area contributed by atoms with E-state index in [1.165, 1.54) is 0 Å². The Kier molecular flexibility index (Phi) is 7.75. The number of para-hydroxylation sites is 1. The average molecular weight is 512 g/mol. The first kappa shape index (κ1) is 25.5. The number of hydrogen-bond acceptors (Lipinski definition) is 5. The quantitative estimate of drug-likeness (QED) is 0.271. The van der Waals surface area contributed by atoms with Crippen molar-refractivity contribution in [1.82, 2.24) is 14.7 Å². The van der Waals surface area contributed by atoms with Crippen molar-refractivity contribution < 1.29 is 19.0 Å². The van der Waals surface area contributed by atoms with Crippen molar-refractivity contribution in [3.63, 3.8) is 0 Å². The van der Waals surface area contributed by atoms with Crippen LogP contribution in [0.4, 0.5) is 0 Å². The van der Waals surface area contributed by atoms with Gasteiger partial charge in [-0.15, -0.1) is 0 Å². The Morgan fingerprint density at radius 3 is 2.37 bits per heavy atom. The largest absolute Gasteiger partial charge is 0.497 e. The third-order valence-corrected chi connectivity index (χ3v) is 6.79. The first-order valence-corrected chi connectivity index (χ1v) is 12.9. The molecule has 1 amide bonds. The van der Waals surface area contributed by atoms with Crippen molar-refractivity contribution in [2.75, 3.05) is 20.3 Å². The lowest BCUT2D eigenvalue weighted by Gasteiger charge is -2.26. The topological polar surface area (TPSA) is 65.8 Å². The highest BCUT2D eigenvalue weighted by Crippen LogP contribution is 2.33. The van der Waals surface area contributed by atoms with E-state index in [2.05, 4.69) is 0 Å². The van der Waals surface area contributed by atoms with Crippen molar-refractivity contribution in [2.24, 2.45) is 0 Å². The van der Waals surface area contributed by atoms with Gasteiger partial charge in [0.15, 0.2) is 0 Å². The lowest BCUT2D eigenvalue weighted by molar-refractivity contribution is 0.0505. The number of carbonyl (C=O) groups is 1. The average Bonchev–Trinajstić information content (AvgIpc) is 3.57. The molecule has 196 valence electrons. The normalized spacial score (nSPS) is 14.9. The summed E-state index contributed by atoms with van der Waals surface area (Å²) in [5.41, 5.74) is 4.29. The Hall–Kier alpha value is -4.10. The van der Waals surface area contributed by atoms with Crippen LogP contribution in [-0.2, 0) is 11.3 Å². The van der Waals surface area contributed by atoms with Crippen LogP contribution in [0.1, 0.15) is 40.0 Å². The highest BCUT2D eigenvalue weighted by molar-refractivity contribution is 5.94. The van der Waals surface area contributed by atoms with Gasteiger partial charge in [-0.25, -0.2) is 4.68 Å². The Morgan fingerprint density at radius 2 is 1.71 bits per heavy atom. The Labute approximate surface area is 223 Å². The third-order valence-electron chi connectivity index (χ3n) is 6.79. The summed E-state index contributed by atoms with van der Waals surface area (Å²) in [5, 5.41) is 4.84. The molecule has 1 aliphatic heterocycles. The van der Waals surface area contributed by atoms with Crippen molar-refractivity contribution >= 4 is 5.91 Å². The van der Waals surface area contributed by atoms with E-state index >= 15 is 0 Å². The van der Waals surface area contributed by atoms with Gasteiger partial charge in [0.2, 0.25) is 5.88 Å². The smallest absolute Gasteiger partial charge is 0.254 e. The maximum absolute atomic E-state index is 13.8. The van der Waals surface area contributed by atoms with Crippen LogP contribution in [0, 0.1) is 13.8 Å². The number of aryl methyl sites for hydroxylation is 2. The number of amides is 1. The van der Waals surface area contributed by atoms with Crippen LogP contribution in [0.3, 0.4) is 0 Å². The number of carbonyl (C=O) groups excluding carboxylic acids is 1. The van der Waals surface area contributed by atoms with Crippen molar-refractivity contribution in [3.8, 4) is 23.1 Å². The lowest BCUT2D eigenvalue weighted by atomic mass is 10.1. The molecule has 1 aromatic heterocycles. The molecule has 0 spiro atoms. The van der Waals surface area contributed by atoms with Crippen molar-refractivity contribution in [3.05, 3.63) is 101 Å². The predicted molar refractivity (Wildman–Crippen MR) is 146 cm³/mol. The Balaban J connectivity index is 1.53. The summed E-state index contributed by atoms with van der Waals surface area (Å²) in [6, 6.07) is 25.0. The van der Waals surface area contributed by atoms with Crippen LogP contribution in [0.2, 0.25) is 0 Å². The molecule has 1 atom stereocenters. The molecule has 1 fully saturated rings. The summed E-state index contributed by atoms with van der Waals surface area (Å²) in [6.07, 6.45) is 1.96. The van der Waals surface area contributed by atoms with Gasteiger partial charge in [-0.05, 0) is 75.2 Å². The third kappa shape index (κ3) is 5.73. The molecule has 5 rings (SSSR count). The van der Waals surface area contributed by atoms with Crippen LogP contribution in [0.25, 0.3) is 5.69 Å². The molecule has 7 heteroatoms. The number of ether oxygens (including phenoxy) is 3. The molecule has 0 aliphatic carbocycles. The van der Waals surface area contributed by atoms with Crippen LogP contribution >= 0.6 is 0 Å². The lowest BCUT2D eigenvalue weighted by Crippen LogP contribution is -2.37. The molecule has 38 heavy (non-hydrogen) atoms. The SMILES string of the molecule is COc1ccc(Oc2c(CN(C[C@@H]3CCCO3)C(=O)c3ccc(C)cc3)c(C)nn2-c2ccccc2)cc1. The molecule has 0 saturated carbocycles. The second-order valence-corrected chi connectivity index (χ2v) is 9.58. The monoisotopic (exact) mass is 511 g/mol. The number of rotatable bonds is 9. The van der Waals surface area contributed by atoms with Crippen LogP contribution < -0.4 is 9.47 Å². The van der Waals surface area contributed by atoms with Gasteiger partial charge < -0.3 is 19.1 Å². The van der Waals surface area contributed by atoms with Gasteiger partial charge in [0.05, 0.1) is 36.7 Å². The fraction of sp³-hybridized carbons (Fsp3) is 0.290. The zero-order valence-electron chi connectivity index (χ0n) is 22.1. The van der Waals surface area contributed by atoms with E-state index in [-0.39, 0.29) is 12.0 Å². The van der Waals surface area contributed by atoms with Gasteiger partial charge in [0, 0.05) is 18.7 Å². The maximum atomic E-state index is 13.8. The second kappa shape index (κ2) is 11.5. The Bertz CT molecular complexity index is 1360. The minimum absolute atomic E-state index is 0.0137. The van der Waals surface area contributed by atoms with Crippen molar-refractivity contribution in [2.45, 2.75) is 39.3 Å².